The van der Waals surface area contributed by atoms with Gasteiger partial charge in [0.15, 0.2) is 0 Å². The Morgan fingerprint density at radius 1 is 1.11 bits per heavy atom. The fourth-order valence-corrected chi connectivity index (χ4v) is 3.18. The number of nitrogens with one attached hydrogen (secondary N) is 1. The zero-order chi connectivity index (χ0) is 19.6. The number of aromatic amines is 1. The smallest absolute Gasteiger partial charge is 0.294 e. The van der Waals surface area contributed by atoms with Gasteiger partial charge >= 0.3 is 0 Å². The van der Waals surface area contributed by atoms with Crippen molar-refractivity contribution in [3.8, 4) is 22.4 Å². The summed E-state index contributed by atoms with van der Waals surface area (Å²) in [4.78, 5) is 14.9. The molecule has 1 aromatic heterocycles. The van der Waals surface area contributed by atoms with Gasteiger partial charge in [0.05, 0.1) is 10.6 Å². The number of sulfonamides is 1. The first-order valence-corrected chi connectivity index (χ1v) is 9.42. The molecule has 0 aliphatic carbocycles. The zero-order valence-corrected chi connectivity index (χ0v) is 15.2. The summed E-state index contributed by atoms with van der Waals surface area (Å²) in [6, 6.07) is 12.7. The van der Waals surface area contributed by atoms with Gasteiger partial charge in [0.25, 0.3) is 5.09 Å². The highest BCUT2D eigenvalue weighted by Crippen LogP contribution is 2.34. The Morgan fingerprint density at radius 3 is 2.26 bits per heavy atom. The maximum absolute atomic E-state index is 11.4. The Kier molecular flexibility index (Phi) is 5.13. The highest BCUT2D eigenvalue weighted by atomic mass is 35.5. The summed E-state index contributed by atoms with van der Waals surface area (Å²) >= 11 is 5.91. The van der Waals surface area contributed by atoms with Crippen molar-refractivity contribution in [1.29, 1.82) is 0 Å². The Morgan fingerprint density at radius 2 is 1.70 bits per heavy atom. The standard InChI is InChI=1S/C16H13ClN4O5S/c17-12-5-1-11(2-6-12)16-15(14(19-20-16)9-26-21(22)23)10-3-7-13(8-4-10)27(18,24)25/h1-8H,9H2,(H,19,20)(H2,18,24,25). The molecule has 140 valence electrons. The monoisotopic (exact) mass is 408 g/mol. The molecule has 0 spiro atoms. The van der Waals surface area contributed by atoms with E-state index in [0.29, 0.717) is 33.1 Å². The minimum atomic E-state index is -3.84. The molecule has 0 saturated heterocycles. The number of nitrogens with zero attached hydrogens (tertiary/aromatic N) is 2. The number of rotatable bonds is 6. The summed E-state index contributed by atoms with van der Waals surface area (Å²) < 4.78 is 22.9. The predicted molar refractivity (Wildman–Crippen MR) is 97.6 cm³/mol. The fourth-order valence-electron chi connectivity index (χ4n) is 2.54. The lowest BCUT2D eigenvalue weighted by Crippen LogP contribution is -2.11. The molecular formula is C16H13ClN4O5S. The number of halogens is 1. The molecule has 0 unspecified atom stereocenters. The van der Waals surface area contributed by atoms with Crippen molar-refractivity contribution in [3.05, 3.63) is 69.4 Å². The first-order valence-electron chi connectivity index (χ1n) is 7.49. The van der Waals surface area contributed by atoms with E-state index in [0.717, 1.165) is 0 Å². The second-order valence-electron chi connectivity index (χ2n) is 5.50. The normalized spacial score (nSPS) is 11.3. The van der Waals surface area contributed by atoms with Crippen molar-refractivity contribution >= 4 is 21.6 Å². The van der Waals surface area contributed by atoms with Crippen LogP contribution >= 0.6 is 11.6 Å². The van der Waals surface area contributed by atoms with Gasteiger partial charge in [-0.3, -0.25) is 5.10 Å². The van der Waals surface area contributed by atoms with Crippen molar-refractivity contribution in [1.82, 2.24) is 10.2 Å². The Hall–Kier alpha value is -2.95. The lowest BCUT2D eigenvalue weighted by atomic mass is 9.99. The van der Waals surface area contributed by atoms with Crippen molar-refractivity contribution < 1.29 is 18.3 Å². The van der Waals surface area contributed by atoms with Crippen LogP contribution in [0.2, 0.25) is 5.02 Å². The minimum absolute atomic E-state index is 0.0501. The average Bonchev–Trinajstić information content (AvgIpc) is 3.04. The van der Waals surface area contributed by atoms with Crippen molar-refractivity contribution in [2.24, 2.45) is 5.14 Å². The van der Waals surface area contributed by atoms with Gasteiger partial charge in [-0.05, 0) is 29.8 Å². The van der Waals surface area contributed by atoms with Gasteiger partial charge in [0.2, 0.25) is 10.0 Å². The molecule has 11 heteroatoms. The number of primary sulfonamides is 1. The lowest BCUT2D eigenvalue weighted by Gasteiger charge is -2.07. The van der Waals surface area contributed by atoms with E-state index in [1.807, 2.05) is 0 Å². The van der Waals surface area contributed by atoms with Crippen molar-refractivity contribution in [3.63, 3.8) is 0 Å². The molecule has 3 rings (SSSR count). The summed E-state index contributed by atoms with van der Waals surface area (Å²) in [7, 11) is -3.84. The molecule has 0 aliphatic heterocycles. The van der Waals surface area contributed by atoms with E-state index in [1.54, 1.807) is 36.4 Å². The number of nitrogens with two attached hydrogens (primary N) is 1. The molecule has 0 fully saturated rings. The van der Waals surface area contributed by atoms with Gasteiger partial charge < -0.3 is 4.84 Å². The molecule has 0 saturated carbocycles. The molecule has 0 aliphatic rings. The van der Waals surface area contributed by atoms with E-state index in [2.05, 4.69) is 15.0 Å². The molecule has 0 amide bonds. The van der Waals surface area contributed by atoms with E-state index < -0.39 is 15.1 Å². The summed E-state index contributed by atoms with van der Waals surface area (Å²) in [5.74, 6) is 0. The molecule has 1 heterocycles. The largest absolute Gasteiger partial charge is 0.307 e. The molecule has 0 atom stereocenters. The van der Waals surface area contributed by atoms with Crippen LogP contribution in [0.3, 0.4) is 0 Å². The average molecular weight is 409 g/mol. The zero-order valence-electron chi connectivity index (χ0n) is 13.6. The molecular weight excluding hydrogens is 396 g/mol. The van der Waals surface area contributed by atoms with Crippen molar-refractivity contribution in [2.75, 3.05) is 0 Å². The predicted octanol–water partition coefficient (Wildman–Crippen LogP) is 2.75. The van der Waals surface area contributed by atoms with Crippen LogP contribution in [-0.2, 0) is 21.5 Å². The third-order valence-electron chi connectivity index (χ3n) is 3.74. The maximum atomic E-state index is 11.4. The molecule has 2 aromatic carbocycles. The van der Waals surface area contributed by atoms with Crippen LogP contribution in [0.15, 0.2) is 53.4 Å². The fraction of sp³-hybridized carbons (Fsp3) is 0.0625. The van der Waals surface area contributed by atoms with Crippen LogP contribution in [0.1, 0.15) is 5.69 Å². The van der Waals surface area contributed by atoms with Gasteiger partial charge in [0.1, 0.15) is 12.3 Å². The van der Waals surface area contributed by atoms with Gasteiger partial charge in [0, 0.05) is 16.1 Å². The second-order valence-corrected chi connectivity index (χ2v) is 7.50. The minimum Gasteiger partial charge on any atom is -0.307 e. The summed E-state index contributed by atoms with van der Waals surface area (Å²) in [6.07, 6.45) is 0. The van der Waals surface area contributed by atoms with E-state index in [4.69, 9.17) is 16.7 Å². The number of hydrogen-bond donors (Lipinski definition) is 2. The molecule has 3 aromatic rings. The van der Waals surface area contributed by atoms with Gasteiger partial charge in [-0.15, -0.1) is 10.1 Å². The molecule has 27 heavy (non-hydrogen) atoms. The number of benzene rings is 2. The quantitative estimate of drug-likeness (QED) is 0.474. The van der Waals surface area contributed by atoms with Gasteiger partial charge in [-0.2, -0.15) is 5.10 Å². The van der Waals surface area contributed by atoms with E-state index in [-0.39, 0.29) is 11.5 Å². The van der Waals surface area contributed by atoms with Crippen LogP contribution in [0.4, 0.5) is 0 Å². The first kappa shape index (κ1) is 18.8. The third-order valence-corrected chi connectivity index (χ3v) is 4.93. The van der Waals surface area contributed by atoms with Crippen LogP contribution in [-0.4, -0.2) is 23.7 Å². The van der Waals surface area contributed by atoms with Crippen LogP contribution < -0.4 is 5.14 Å². The SMILES string of the molecule is NS(=O)(=O)c1ccc(-c2c(-c3ccc(Cl)cc3)n[nH]c2CO[N+](=O)[O-])cc1. The Balaban J connectivity index is 2.11. The summed E-state index contributed by atoms with van der Waals surface area (Å²) in [6.45, 7) is -0.347. The number of aromatic nitrogens is 2. The van der Waals surface area contributed by atoms with Crippen LogP contribution in [0.25, 0.3) is 22.4 Å². The highest BCUT2D eigenvalue weighted by Gasteiger charge is 2.18. The topological polar surface area (TPSA) is 141 Å². The lowest BCUT2D eigenvalue weighted by molar-refractivity contribution is -0.763. The van der Waals surface area contributed by atoms with Crippen LogP contribution in [0.5, 0.6) is 0 Å². The van der Waals surface area contributed by atoms with E-state index >= 15 is 0 Å². The summed E-state index contributed by atoms with van der Waals surface area (Å²) in [5.41, 5.74) is 2.72. The summed E-state index contributed by atoms with van der Waals surface area (Å²) in [5, 5.41) is 22.3. The van der Waals surface area contributed by atoms with E-state index in [9.17, 15) is 18.5 Å². The molecule has 0 radical (unpaired) electrons. The second kappa shape index (κ2) is 7.35. The van der Waals surface area contributed by atoms with Crippen molar-refractivity contribution in [2.45, 2.75) is 11.5 Å². The first-order chi connectivity index (χ1) is 12.8. The molecule has 3 N–H and O–H groups in total. The molecule has 9 nitrogen and oxygen atoms in total. The van der Waals surface area contributed by atoms with E-state index in [1.165, 1.54) is 12.1 Å². The number of H-pyrrole nitrogens is 1. The highest BCUT2D eigenvalue weighted by molar-refractivity contribution is 7.89. The maximum Gasteiger partial charge on any atom is 0.294 e. The van der Waals surface area contributed by atoms with Crippen LogP contribution in [0, 0.1) is 10.1 Å². The van der Waals surface area contributed by atoms with Gasteiger partial charge in [-0.1, -0.05) is 35.9 Å². The molecule has 0 bridgehead atoms. The Bertz CT molecular complexity index is 1080. The third kappa shape index (κ3) is 4.25. The Labute approximate surface area is 158 Å². The number of hydrogen-bond acceptors (Lipinski definition) is 6. The van der Waals surface area contributed by atoms with Gasteiger partial charge in [-0.25, -0.2) is 13.6 Å².